The molecule has 0 unspecified atom stereocenters. The molecule has 25 heavy (non-hydrogen) atoms. The lowest BCUT2D eigenvalue weighted by atomic mass is 10.1. The zero-order valence-corrected chi connectivity index (χ0v) is 15.1. The molecule has 0 spiro atoms. The van der Waals surface area contributed by atoms with Gasteiger partial charge in [0.25, 0.3) is 0 Å². The fourth-order valence-electron chi connectivity index (χ4n) is 2.28. The predicted octanol–water partition coefficient (Wildman–Crippen LogP) is 2.74. The minimum absolute atomic E-state index is 0.0992. The van der Waals surface area contributed by atoms with Gasteiger partial charge >= 0.3 is 11.4 Å². The molecule has 2 rings (SSSR count). The van der Waals surface area contributed by atoms with E-state index in [9.17, 15) is 22.8 Å². The van der Waals surface area contributed by atoms with Crippen LogP contribution in [0.25, 0.3) is 0 Å². The first kappa shape index (κ1) is 19.3. The molecule has 1 aromatic carbocycles. The second-order valence-corrected chi connectivity index (χ2v) is 7.57. The molecule has 0 radical (unpaired) electrons. The van der Waals surface area contributed by atoms with E-state index in [1.165, 1.54) is 0 Å². The number of aromatic nitrogens is 3. The van der Waals surface area contributed by atoms with Crippen LogP contribution in [0.1, 0.15) is 33.3 Å². The van der Waals surface area contributed by atoms with Crippen molar-refractivity contribution in [3.8, 4) is 0 Å². The Morgan fingerprint density at radius 3 is 2.24 bits per heavy atom. The van der Waals surface area contributed by atoms with E-state index in [-0.39, 0.29) is 17.3 Å². The first-order chi connectivity index (χ1) is 11.6. The lowest BCUT2D eigenvalue weighted by Crippen LogP contribution is -2.49. The van der Waals surface area contributed by atoms with Crippen LogP contribution in [0.4, 0.5) is 13.2 Å². The van der Waals surface area contributed by atoms with Crippen LogP contribution in [0, 0.1) is 17.5 Å². The predicted molar refractivity (Wildman–Crippen MR) is 89.6 cm³/mol. The smallest absolute Gasteiger partial charge is 0.268 e. The third-order valence-electron chi connectivity index (χ3n) is 3.40. The van der Waals surface area contributed by atoms with E-state index < -0.39 is 34.4 Å². The van der Waals surface area contributed by atoms with Gasteiger partial charge in [-0.3, -0.25) is 4.57 Å². The van der Waals surface area contributed by atoms with Gasteiger partial charge in [0, 0.05) is 17.2 Å². The monoisotopic (exact) mass is 373 g/mol. The molecule has 0 aliphatic carbocycles. The van der Waals surface area contributed by atoms with Crippen LogP contribution >= 0.6 is 11.8 Å². The summed E-state index contributed by atoms with van der Waals surface area (Å²) < 4.78 is 42.5. The van der Waals surface area contributed by atoms with Crippen molar-refractivity contribution in [1.29, 1.82) is 0 Å². The van der Waals surface area contributed by atoms with E-state index in [1.54, 1.807) is 27.7 Å². The summed E-state index contributed by atoms with van der Waals surface area (Å²) in [4.78, 5) is 28.9. The van der Waals surface area contributed by atoms with Crippen molar-refractivity contribution in [3.63, 3.8) is 0 Å². The molecule has 0 bridgehead atoms. The van der Waals surface area contributed by atoms with Crippen LogP contribution in [0.3, 0.4) is 0 Å². The van der Waals surface area contributed by atoms with Crippen molar-refractivity contribution in [2.75, 3.05) is 5.75 Å². The molecule has 1 heterocycles. The maximum absolute atomic E-state index is 14.0. The summed E-state index contributed by atoms with van der Waals surface area (Å²) in [5, 5.41) is 0.0992. The van der Waals surface area contributed by atoms with Crippen LogP contribution in [0.2, 0.25) is 0 Å². The number of rotatable bonds is 4. The standard InChI is InChI=1S/C16H18F3N3O2S/c1-5-25-14-20-13(23)22(16(2,3)4)15(24)21(14)8-9-6-11(18)12(19)7-10(9)17/h6-7H,5,8H2,1-4H3. The van der Waals surface area contributed by atoms with Crippen molar-refractivity contribution < 1.29 is 13.2 Å². The topological polar surface area (TPSA) is 56.9 Å². The molecule has 0 saturated carbocycles. The number of halogens is 3. The summed E-state index contributed by atoms with van der Waals surface area (Å²) in [7, 11) is 0. The van der Waals surface area contributed by atoms with Gasteiger partial charge in [0.2, 0.25) is 0 Å². The van der Waals surface area contributed by atoms with Gasteiger partial charge in [-0.1, -0.05) is 18.7 Å². The maximum atomic E-state index is 14.0. The van der Waals surface area contributed by atoms with Gasteiger partial charge in [-0.25, -0.2) is 27.3 Å². The van der Waals surface area contributed by atoms with Gasteiger partial charge in [-0.15, -0.1) is 0 Å². The minimum Gasteiger partial charge on any atom is -0.268 e. The first-order valence-corrected chi connectivity index (χ1v) is 8.55. The highest BCUT2D eigenvalue weighted by Gasteiger charge is 2.23. The molecule has 0 amide bonds. The Morgan fingerprint density at radius 2 is 1.68 bits per heavy atom. The third kappa shape index (κ3) is 3.97. The van der Waals surface area contributed by atoms with Crippen molar-refractivity contribution in [2.45, 2.75) is 44.9 Å². The molecule has 0 atom stereocenters. The van der Waals surface area contributed by atoms with E-state index in [4.69, 9.17) is 0 Å². The Hall–Kier alpha value is -2.03. The highest BCUT2D eigenvalue weighted by atomic mass is 32.2. The molecule has 136 valence electrons. The highest BCUT2D eigenvalue weighted by molar-refractivity contribution is 7.99. The SMILES string of the molecule is CCSc1nc(=O)n(C(C)(C)C)c(=O)n1Cc1cc(F)c(F)cc1F. The highest BCUT2D eigenvalue weighted by Crippen LogP contribution is 2.18. The number of hydrogen-bond acceptors (Lipinski definition) is 4. The Bertz CT molecular complexity index is 917. The molecular formula is C16H18F3N3O2S. The molecule has 2 aromatic rings. The van der Waals surface area contributed by atoms with Gasteiger partial charge < -0.3 is 0 Å². The molecule has 0 aliphatic heterocycles. The summed E-state index contributed by atoms with van der Waals surface area (Å²) in [6, 6.07) is 1.12. The summed E-state index contributed by atoms with van der Waals surface area (Å²) >= 11 is 1.13. The van der Waals surface area contributed by atoms with Crippen molar-refractivity contribution in [1.82, 2.24) is 14.1 Å². The van der Waals surface area contributed by atoms with Crippen molar-refractivity contribution in [2.24, 2.45) is 0 Å². The van der Waals surface area contributed by atoms with Crippen LogP contribution in [-0.2, 0) is 12.1 Å². The van der Waals surface area contributed by atoms with Gasteiger partial charge in [-0.05, 0) is 32.6 Å². The molecule has 1 aromatic heterocycles. The van der Waals surface area contributed by atoms with Gasteiger partial charge in [-0.2, -0.15) is 4.98 Å². The zero-order valence-electron chi connectivity index (χ0n) is 14.3. The number of nitrogens with zero attached hydrogens (tertiary/aromatic N) is 3. The van der Waals surface area contributed by atoms with Crippen LogP contribution in [-0.4, -0.2) is 19.9 Å². The quantitative estimate of drug-likeness (QED) is 0.611. The Balaban J connectivity index is 2.69. The van der Waals surface area contributed by atoms with Crippen LogP contribution in [0.5, 0.6) is 0 Å². The summed E-state index contributed by atoms with van der Waals surface area (Å²) in [6.45, 7) is 6.41. The Kier molecular flexibility index (Phi) is 5.46. The van der Waals surface area contributed by atoms with Crippen molar-refractivity contribution >= 4 is 11.8 Å². The van der Waals surface area contributed by atoms with Crippen LogP contribution in [0.15, 0.2) is 26.9 Å². The Labute approximate surface area is 146 Å². The van der Waals surface area contributed by atoms with E-state index >= 15 is 0 Å². The largest absolute Gasteiger partial charge is 0.354 e. The van der Waals surface area contributed by atoms with Gasteiger partial charge in [0.15, 0.2) is 16.8 Å². The number of hydrogen-bond donors (Lipinski definition) is 0. The number of thioether (sulfide) groups is 1. The van der Waals surface area contributed by atoms with Gasteiger partial charge in [0.05, 0.1) is 6.54 Å². The molecule has 5 nitrogen and oxygen atoms in total. The van der Waals surface area contributed by atoms with Crippen molar-refractivity contribution in [3.05, 3.63) is 56.1 Å². The summed E-state index contributed by atoms with van der Waals surface area (Å²) in [6.07, 6.45) is 0. The van der Waals surface area contributed by atoms with Crippen LogP contribution < -0.4 is 11.4 Å². The molecule has 9 heteroatoms. The van der Waals surface area contributed by atoms with E-state index in [0.29, 0.717) is 17.9 Å². The Morgan fingerprint density at radius 1 is 1.08 bits per heavy atom. The average Bonchev–Trinajstić information content (AvgIpc) is 2.46. The lowest BCUT2D eigenvalue weighted by molar-refractivity contribution is 0.335. The first-order valence-electron chi connectivity index (χ1n) is 7.56. The fraction of sp³-hybridized carbons (Fsp3) is 0.438. The molecular weight excluding hydrogens is 355 g/mol. The zero-order chi connectivity index (χ0) is 18.9. The lowest BCUT2D eigenvalue weighted by Gasteiger charge is -2.23. The van der Waals surface area contributed by atoms with Gasteiger partial charge in [0.1, 0.15) is 5.82 Å². The summed E-state index contributed by atoms with van der Waals surface area (Å²) in [5.41, 5.74) is -2.45. The molecule has 0 fully saturated rings. The fourth-order valence-corrected chi connectivity index (χ4v) is 2.98. The minimum atomic E-state index is -1.31. The second kappa shape index (κ2) is 7.07. The third-order valence-corrected chi connectivity index (χ3v) is 4.26. The molecule has 0 N–H and O–H groups in total. The van der Waals surface area contributed by atoms with E-state index in [2.05, 4.69) is 4.98 Å². The number of benzene rings is 1. The molecule has 0 aliphatic rings. The maximum Gasteiger partial charge on any atom is 0.354 e. The second-order valence-electron chi connectivity index (χ2n) is 6.34. The normalized spacial score (nSPS) is 11.8. The average molecular weight is 373 g/mol. The van der Waals surface area contributed by atoms with E-state index in [1.807, 2.05) is 0 Å². The van der Waals surface area contributed by atoms with E-state index in [0.717, 1.165) is 20.9 Å². The summed E-state index contributed by atoms with van der Waals surface area (Å²) in [5.74, 6) is -2.99. The molecule has 0 saturated heterocycles.